The Labute approximate surface area is 92.2 Å². The van der Waals surface area contributed by atoms with Crippen LogP contribution in [0.3, 0.4) is 0 Å². The van der Waals surface area contributed by atoms with Gasteiger partial charge in [0.25, 0.3) is 0 Å². The van der Waals surface area contributed by atoms with Crippen molar-refractivity contribution in [2.24, 2.45) is 5.73 Å². The van der Waals surface area contributed by atoms with Crippen molar-refractivity contribution >= 4 is 28.7 Å². The maximum Gasteiger partial charge on any atom is 0.346 e. The Hall–Kier alpha value is -0.800. The summed E-state index contributed by atoms with van der Waals surface area (Å²) in [5.41, 5.74) is 5.97. The number of carboxylic acids is 1. The first kappa shape index (κ1) is 12.3. The lowest BCUT2D eigenvalue weighted by Crippen LogP contribution is -2.14. The van der Waals surface area contributed by atoms with Crippen LogP contribution >= 0.6 is 11.3 Å². The molecule has 0 bridgehead atoms. The summed E-state index contributed by atoms with van der Waals surface area (Å²) in [5, 5.41) is 8.76. The van der Waals surface area contributed by atoms with Crippen molar-refractivity contribution < 1.29 is 22.8 Å². The van der Waals surface area contributed by atoms with E-state index in [1.807, 2.05) is 0 Å². The topological polar surface area (TPSA) is 110 Å². The van der Waals surface area contributed by atoms with Crippen LogP contribution in [-0.2, 0) is 15.5 Å². The van der Waals surface area contributed by atoms with Crippen LogP contribution in [0.1, 0.15) is 26.3 Å². The highest BCUT2D eigenvalue weighted by molar-refractivity contribution is 7.74. The molecule has 4 N–H and O–H groups in total. The standard InChI is InChI=1S/C7H9NO5S2/c1-3-2-4(6(8)13-15(11)12)14-5(3)7(9)10/h2,6H,8H2,1H3,(H,9,10)(H,11,12)/t6-/m1/s1. The predicted octanol–water partition coefficient (Wildman–Crippen LogP) is 0.865. The van der Waals surface area contributed by atoms with Gasteiger partial charge in [0, 0.05) is 0 Å². The van der Waals surface area contributed by atoms with Gasteiger partial charge in [0.15, 0.2) is 6.23 Å². The van der Waals surface area contributed by atoms with E-state index >= 15 is 0 Å². The smallest absolute Gasteiger partial charge is 0.346 e. The molecule has 0 radical (unpaired) electrons. The Morgan fingerprint density at radius 3 is 2.73 bits per heavy atom. The fourth-order valence-corrected chi connectivity index (χ4v) is 2.28. The van der Waals surface area contributed by atoms with Crippen LogP contribution in [0.15, 0.2) is 6.07 Å². The van der Waals surface area contributed by atoms with Gasteiger partial charge in [0.2, 0.25) is 0 Å². The monoisotopic (exact) mass is 251 g/mol. The van der Waals surface area contributed by atoms with E-state index < -0.39 is 23.6 Å². The molecule has 1 heterocycles. The lowest BCUT2D eigenvalue weighted by molar-refractivity contribution is 0.0701. The molecular weight excluding hydrogens is 242 g/mol. The molecule has 0 saturated heterocycles. The number of hydrogen-bond acceptors (Lipinski definition) is 5. The molecule has 0 aliphatic rings. The van der Waals surface area contributed by atoms with E-state index in [0.717, 1.165) is 11.3 Å². The van der Waals surface area contributed by atoms with Gasteiger partial charge in [-0.15, -0.1) is 11.3 Å². The summed E-state index contributed by atoms with van der Waals surface area (Å²) in [4.78, 5) is 11.2. The second-order valence-corrected chi connectivity index (χ2v) is 4.41. The zero-order valence-corrected chi connectivity index (χ0v) is 9.30. The number of aromatic carboxylic acids is 1. The molecular formula is C7H9NO5S2. The second-order valence-electron chi connectivity index (χ2n) is 2.70. The number of rotatable bonds is 4. The van der Waals surface area contributed by atoms with Crippen LogP contribution in [0, 0.1) is 6.92 Å². The summed E-state index contributed by atoms with van der Waals surface area (Å²) in [6, 6.07) is 1.52. The van der Waals surface area contributed by atoms with E-state index in [0.29, 0.717) is 10.4 Å². The number of carbonyl (C=O) groups is 1. The van der Waals surface area contributed by atoms with Crippen LogP contribution < -0.4 is 5.73 Å². The quantitative estimate of drug-likeness (QED) is 0.541. The molecule has 2 atom stereocenters. The van der Waals surface area contributed by atoms with E-state index in [-0.39, 0.29) is 4.88 Å². The molecule has 0 spiro atoms. The van der Waals surface area contributed by atoms with Crippen LogP contribution in [-0.4, -0.2) is 19.8 Å². The zero-order valence-electron chi connectivity index (χ0n) is 7.67. The van der Waals surface area contributed by atoms with Crippen molar-refractivity contribution in [1.29, 1.82) is 0 Å². The highest BCUT2D eigenvalue weighted by atomic mass is 32.2. The molecule has 0 fully saturated rings. The lowest BCUT2D eigenvalue weighted by atomic mass is 10.2. The highest BCUT2D eigenvalue weighted by Crippen LogP contribution is 2.26. The second kappa shape index (κ2) is 4.81. The predicted molar refractivity (Wildman–Crippen MR) is 54.8 cm³/mol. The molecule has 1 aromatic heterocycles. The van der Waals surface area contributed by atoms with Gasteiger partial charge in [-0.2, -0.15) is 4.21 Å². The fraction of sp³-hybridized carbons (Fsp3) is 0.286. The third-order valence-corrected chi connectivity index (χ3v) is 3.26. The largest absolute Gasteiger partial charge is 0.477 e. The first-order valence-corrected chi connectivity index (χ1v) is 5.64. The van der Waals surface area contributed by atoms with Crippen molar-refractivity contribution in [3.63, 3.8) is 0 Å². The Bertz CT molecular complexity index is 402. The minimum Gasteiger partial charge on any atom is -0.477 e. The summed E-state index contributed by atoms with van der Waals surface area (Å²) in [5.74, 6) is -1.05. The maximum absolute atomic E-state index is 10.7. The summed E-state index contributed by atoms with van der Waals surface area (Å²) in [6.07, 6.45) is -1.09. The van der Waals surface area contributed by atoms with Crippen molar-refractivity contribution in [2.45, 2.75) is 13.2 Å². The first-order chi connectivity index (χ1) is 6.91. The summed E-state index contributed by atoms with van der Waals surface area (Å²) >= 11 is -1.55. The molecule has 15 heavy (non-hydrogen) atoms. The van der Waals surface area contributed by atoms with E-state index in [1.165, 1.54) is 6.07 Å². The molecule has 0 amide bonds. The molecule has 8 heteroatoms. The Morgan fingerprint density at radius 2 is 2.33 bits per heavy atom. The van der Waals surface area contributed by atoms with Crippen molar-refractivity contribution in [1.82, 2.24) is 0 Å². The Kier molecular flexibility index (Phi) is 3.94. The molecule has 1 unspecified atom stereocenters. The fourth-order valence-electron chi connectivity index (χ4n) is 0.995. The third kappa shape index (κ3) is 3.08. The Balaban J connectivity index is 2.91. The average Bonchev–Trinajstić information content (AvgIpc) is 2.46. The van der Waals surface area contributed by atoms with E-state index in [2.05, 4.69) is 4.18 Å². The SMILES string of the molecule is Cc1cc([C@H](N)OS(=O)O)sc1C(=O)O. The maximum atomic E-state index is 10.7. The summed E-state index contributed by atoms with van der Waals surface area (Å²) in [6.45, 7) is 1.62. The molecule has 0 aliphatic carbocycles. The number of carboxylic acid groups (broad SMARTS) is 1. The van der Waals surface area contributed by atoms with Gasteiger partial charge >= 0.3 is 17.3 Å². The number of nitrogens with two attached hydrogens (primary N) is 1. The molecule has 84 valence electrons. The number of aryl methyl sites for hydroxylation is 1. The van der Waals surface area contributed by atoms with Gasteiger partial charge < -0.3 is 10.8 Å². The summed E-state index contributed by atoms with van der Waals surface area (Å²) in [7, 11) is 0. The summed E-state index contributed by atoms with van der Waals surface area (Å²) < 4.78 is 23.1. The average molecular weight is 251 g/mol. The third-order valence-electron chi connectivity index (χ3n) is 1.60. The first-order valence-electron chi connectivity index (χ1n) is 3.79. The molecule has 1 rings (SSSR count). The number of thiophene rings is 1. The normalized spacial score (nSPS) is 14.9. The van der Waals surface area contributed by atoms with Crippen LogP contribution in [0.5, 0.6) is 0 Å². The number of hydrogen-bond donors (Lipinski definition) is 3. The van der Waals surface area contributed by atoms with Gasteiger partial charge in [-0.25, -0.2) is 8.98 Å². The van der Waals surface area contributed by atoms with Crippen molar-refractivity contribution in [2.75, 3.05) is 0 Å². The minimum absolute atomic E-state index is 0.146. The minimum atomic E-state index is -2.47. The van der Waals surface area contributed by atoms with E-state index in [4.69, 9.17) is 15.4 Å². The lowest BCUT2D eigenvalue weighted by Gasteiger charge is -2.05. The van der Waals surface area contributed by atoms with Crippen LogP contribution in [0.2, 0.25) is 0 Å². The Morgan fingerprint density at radius 1 is 1.73 bits per heavy atom. The van der Waals surface area contributed by atoms with Gasteiger partial charge in [0.05, 0.1) is 4.88 Å². The van der Waals surface area contributed by atoms with E-state index in [9.17, 15) is 9.00 Å². The molecule has 0 saturated carbocycles. The van der Waals surface area contributed by atoms with Gasteiger partial charge in [-0.1, -0.05) is 0 Å². The molecule has 6 nitrogen and oxygen atoms in total. The highest BCUT2D eigenvalue weighted by Gasteiger charge is 2.18. The molecule has 0 aromatic carbocycles. The molecule has 1 aromatic rings. The van der Waals surface area contributed by atoms with E-state index in [1.54, 1.807) is 6.92 Å². The van der Waals surface area contributed by atoms with Crippen LogP contribution in [0.25, 0.3) is 0 Å². The van der Waals surface area contributed by atoms with Gasteiger partial charge in [-0.05, 0) is 18.6 Å². The van der Waals surface area contributed by atoms with Gasteiger partial charge in [-0.3, -0.25) is 4.55 Å². The van der Waals surface area contributed by atoms with Gasteiger partial charge in [0.1, 0.15) is 4.88 Å². The zero-order chi connectivity index (χ0) is 11.6. The van der Waals surface area contributed by atoms with Crippen molar-refractivity contribution in [3.8, 4) is 0 Å². The van der Waals surface area contributed by atoms with Crippen molar-refractivity contribution in [3.05, 3.63) is 21.4 Å². The molecule has 0 aliphatic heterocycles. The van der Waals surface area contributed by atoms with Crippen LogP contribution in [0.4, 0.5) is 0 Å².